The normalized spacial score (nSPS) is 20.8. The highest BCUT2D eigenvalue weighted by atomic mass is 16.4. The van der Waals surface area contributed by atoms with Crippen molar-refractivity contribution in [2.45, 2.75) is 19.8 Å². The first kappa shape index (κ1) is 10.9. The fraction of sp³-hybridized carbons (Fsp3) is 0.500. The lowest BCUT2D eigenvalue weighted by atomic mass is 9.99. The standard InChI is InChI=1S/C12H16N2O2/c1-9-3-2-6-14(8-9)11-4-5-13-7-10(11)12(15)16/h4-5,7,9H,2-3,6,8H2,1H3,(H,15,16). The molecule has 0 radical (unpaired) electrons. The van der Waals surface area contributed by atoms with Crippen LogP contribution >= 0.6 is 0 Å². The predicted octanol–water partition coefficient (Wildman–Crippen LogP) is 2.02. The lowest BCUT2D eigenvalue weighted by molar-refractivity contribution is 0.0697. The van der Waals surface area contributed by atoms with Crippen molar-refractivity contribution >= 4 is 11.7 Å². The highest BCUT2D eigenvalue weighted by molar-refractivity contribution is 5.94. The number of carboxylic acids is 1. The number of nitrogens with zero attached hydrogens (tertiary/aromatic N) is 2. The zero-order valence-electron chi connectivity index (χ0n) is 9.39. The van der Waals surface area contributed by atoms with E-state index in [9.17, 15) is 4.79 Å². The first-order chi connectivity index (χ1) is 7.68. The number of carbonyl (C=O) groups is 1. The van der Waals surface area contributed by atoms with Gasteiger partial charge in [0.05, 0.1) is 5.69 Å². The van der Waals surface area contributed by atoms with Gasteiger partial charge in [-0.15, -0.1) is 0 Å². The van der Waals surface area contributed by atoms with Crippen LogP contribution in [0.2, 0.25) is 0 Å². The summed E-state index contributed by atoms with van der Waals surface area (Å²) in [5.74, 6) is -0.273. The van der Waals surface area contributed by atoms with E-state index >= 15 is 0 Å². The number of anilines is 1. The van der Waals surface area contributed by atoms with Crippen molar-refractivity contribution < 1.29 is 9.90 Å². The maximum absolute atomic E-state index is 11.1. The van der Waals surface area contributed by atoms with E-state index in [1.165, 1.54) is 12.6 Å². The Morgan fingerprint density at radius 1 is 1.62 bits per heavy atom. The second kappa shape index (κ2) is 4.51. The van der Waals surface area contributed by atoms with Gasteiger partial charge in [0.25, 0.3) is 0 Å². The molecule has 2 rings (SSSR count). The molecular formula is C12H16N2O2. The fourth-order valence-electron chi connectivity index (χ4n) is 2.24. The fourth-order valence-corrected chi connectivity index (χ4v) is 2.24. The molecule has 1 aromatic heterocycles. The van der Waals surface area contributed by atoms with Gasteiger partial charge in [-0.3, -0.25) is 4.98 Å². The molecule has 2 heterocycles. The third kappa shape index (κ3) is 2.15. The molecule has 16 heavy (non-hydrogen) atoms. The van der Waals surface area contributed by atoms with Crippen LogP contribution in [0.25, 0.3) is 0 Å². The molecule has 1 fully saturated rings. The number of hydrogen-bond acceptors (Lipinski definition) is 3. The molecule has 1 aromatic rings. The van der Waals surface area contributed by atoms with Crippen LogP contribution in [0.5, 0.6) is 0 Å². The van der Waals surface area contributed by atoms with Gasteiger partial charge in [-0.2, -0.15) is 0 Å². The lowest BCUT2D eigenvalue weighted by Gasteiger charge is -2.33. The number of aromatic nitrogens is 1. The predicted molar refractivity (Wildman–Crippen MR) is 61.8 cm³/mol. The SMILES string of the molecule is CC1CCCN(c2ccncc2C(=O)O)C1. The van der Waals surface area contributed by atoms with Crippen LogP contribution in [0.15, 0.2) is 18.5 Å². The summed E-state index contributed by atoms with van der Waals surface area (Å²) in [6, 6.07) is 1.79. The molecule has 4 heteroatoms. The number of rotatable bonds is 2. The Balaban J connectivity index is 2.28. The van der Waals surface area contributed by atoms with E-state index in [1.807, 2.05) is 0 Å². The summed E-state index contributed by atoms with van der Waals surface area (Å²) in [6.45, 7) is 4.08. The van der Waals surface area contributed by atoms with Crippen LogP contribution in [0.4, 0.5) is 5.69 Å². The van der Waals surface area contributed by atoms with Crippen molar-refractivity contribution in [3.8, 4) is 0 Å². The molecule has 1 N–H and O–H groups in total. The molecule has 0 bridgehead atoms. The quantitative estimate of drug-likeness (QED) is 0.828. The third-order valence-electron chi connectivity index (χ3n) is 3.03. The monoisotopic (exact) mass is 220 g/mol. The van der Waals surface area contributed by atoms with Gasteiger partial charge in [-0.25, -0.2) is 4.79 Å². The van der Waals surface area contributed by atoms with Crippen molar-refractivity contribution in [3.05, 3.63) is 24.0 Å². The van der Waals surface area contributed by atoms with E-state index in [2.05, 4.69) is 16.8 Å². The molecule has 1 saturated heterocycles. The second-order valence-corrected chi connectivity index (χ2v) is 4.39. The highest BCUT2D eigenvalue weighted by Gasteiger charge is 2.20. The maximum atomic E-state index is 11.1. The van der Waals surface area contributed by atoms with E-state index in [0.717, 1.165) is 25.2 Å². The van der Waals surface area contributed by atoms with Crippen molar-refractivity contribution in [2.24, 2.45) is 5.92 Å². The van der Waals surface area contributed by atoms with E-state index < -0.39 is 5.97 Å². The molecule has 0 amide bonds. The van der Waals surface area contributed by atoms with Crippen LogP contribution in [0.3, 0.4) is 0 Å². The number of piperidine rings is 1. The second-order valence-electron chi connectivity index (χ2n) is 4.39. The zero-order valence-corrected chi connectivity index (χ0v) is 9.39. The van der Waals surface area contributed by atoms with Crippen molar-refractivity contribution in [3.63, 3.8) is 0 Å². The van der Waals surface area contributed by atoms with Gasteiger partial charge in [0.1, 0.15) is 5.56 Å². The molecule has 1 aliphatic heterocycles. The number of hydrogen-bond donors (Lipinski definition) is 1. The summed E-state index contributed by atoms with van der Waals surface area (Å²) >= 11 is 0. The van der Waals surface area contributed by atoms with Gasteiger partial charge >= 0.3 is 5.97 Å². The van der Waals surface area contributed by atoms with Gasteiger partial charge in [-0.1, -0.05) is 6.92 Å². The van der Waals surface area contributed by atoms with Crippen LogP contribution < -0.4 is 4.90 Å². The molecule has 4 nitrogen and oxygen atoms in total. The Morgan fingerprint density at radius 3 is 3.12 bits per heavy atom. The van der Waals surface area contributed by atoms with Crippen LogP contribution in [-0.4, -0.2) is 29.1 Å². The summed E-state index contributed by atoms with van der Waals surface area (Å²) in [4.78, 5) is 17.1. The molecule has 1 aliphatic rings. The number of carboxylic acid groups (broad SMARTS) is 1. The van der Waals surface area contributed by atoms with Crippen molar-refractivity contribution in [1.82, 2.24) is 4.98 Å². The Labute approximate surface area is 94.9 Å². The van der Waals surface area contributed by atoms with Crippen LogP contribution in [0.1, 0.15) is 30.1 Å². The molecule has 0 spiro atoms. The average Bonchev–Trinajstić information content (AvgIpc) is 2.29. The first-order valence-corrected chi connectivity index (χ1v) is 5.60. The van der Waals surface area contributed by atoms with Gasteiger partial charge in [0, 0.05) is 25.5 Å². The van der Waals surface area contributed by atoms with E-state index in [4.69, 9.17) is 5.11 Å². The van der Waals surface area contributed by atoms with Gasteiger partial charge in [0.2, 0.25) is 0 Å². The molecule has 0 aliphatic carbocycles. The molecular weight excluding hydrogens is 204 g/mol. The van der Waals surface area contributed by atoms with Gasteiger partial charge in [-0.05, 0) is 24.8 Å². The summed E-state index contributed by atoms with van der Waals surface area (Å²) < 4.78 is 0. The van der Waals surface area contributed by atoms with Gasteiger partial charge < -0.3 is 10.0 Å². The summed E-state index contributed by atoms with van der Waals surface area (Å²) in [6.07, 6.45) is 5.44. The Kier molecular flexibility index (Phi) is 3.08. The lowest BCUT2D eigenvalue weighted by Crippen LogP contribution is -2.35. The third-order valence-corrected chi connectivity index (χ3v) is 3.03. The Hall–Kier alpha value is -1.58. The smallest absolute Gasteiger partial charge is 0.339 e. The Bertz CT molecular complexity index is 392. The minimum atomic E-state index is -0.902. The van der Waals surface area contributed by atoms with Gasteiger partial charge in [0.15, 0.2) is 0 Å². The molecule has 1 unspecified atom stereocenters. The van der Waals surface area contributed by atoms with Crippen LogP contribution in [-0.2, 0) is 0 Å². The minimum absolute atomic E-state index is 0.302. The van der Waals surface area contributed by atoms with E-state index in [1.54, 1.807) is 12.3 Å². The first-order valence-electron chi connectivity index (χ1n) is 5.60. The molecule has 1 atom stereocenters. The minimum Gasteiger partial charge on any atom is -0.478 e. The molecule has 0 aromatic carbocycles. The van der Waals surface area contributed by atoms with E-state index in [0.29, 0.717) is 11.5 Å². The maximum Gasteiger partial charge on any atom is 0.339 e. The summed E-state index contributed by atoms with van der Waals surface area (Å²) in [5, 5.41) is 9.10. The zero-order chi connectivity index (χ0) is 11.5. The average molecular weight is 220 g/mol. The largest absolute Gasteiger partial charge is 0.478 e. The number of aromatic carboxylic acids is 1. The van der Waals surface area contributed by atoms with Crippen molar-refractivity contribution in [2.75, 3.05) is 18.0 Å². The summed E-state index contributed by atoms with van der Waals surface area (Å²) in [5.41, 5.74) is 1.10. The van der Waals surface area contributed by atoms with Crippen LogP contribution in [0, 0.1) is 5.92 Å². The Morgan fingerprint density at radius 2 is 2.44 bits per heavy atom. The summed E-state index contributed by atoms with van der Waals surface area (Å²) in [7, 11) is 0. The topological polar surface area (TPSA) is 53.4 Å². The highest BCUT2D eigenvalue weighted by Crippen LogP contribution is 2.25. The molecule has 86 valence electrons. The molecule has 0 saturated carbocycles. The van der Waals surface area contributed by atoms with Crippen molar-refractivity contribution in [1.29, 1.82) is 0 Å². The number of pyridine rings is 1. The van der Waals surface area contributed by atoms with E-state index in [-0.39, 0.29) is 0 Å².